The van der Waals surface area contributed by atoms with Crippen LogP contribution in [0.4, 0.5) is 10.1 Å². The van der Waals surface area contributed by atoms with Gasteiger partial charge >= 0.3 is 0 Å². The molecule has 0 spiro atoms. The summed E-state index contributed by atoms with van der Waals surface area (Å²) in [6.07, 6.45) is 2.16. The largest absolute Gasteiger partial charge is 0.380 e. The van der Waals surface area contributed by atoms with Crippen molar-refractivity contribution in [1.29, 1.82) is 0 Å². The lowest BCUT2D eigenvalue weighted by Crippen LogP contribution is -2.34. The summed E-state index contributed by atoms with van der Waals surface area (Å²) < 4.78 is 13.6. The van der Waals surface area contributed by atoms with Gasteiger partial charge in [-0.05, 0) is 48.9 Å². The number of aryl methyl sites for hydroxylation is 1. The number of nitrogens with one attached hydrogen (secondary N) is 1. The SMILES string of the molecule is Cc1ccc(F)c(NC2CC(c3ccccc3)C2)c1. The molecular weight excluding hydrogens is 237 g/mol. The van der Waals surface area contributed by atoms with E-state index in [1.54, 1.807) is 6.07 Å². The van der Waals surface area contributed by atoms with Gasteiger partial charge in [0.2, 0.25) is 0 Å². The van der Waals surface area contributed by atoms with Crippen molar-refractivity contribution in [2.75, 3.05) is 5.32 Å². The molecule has 0 saturated heterocycles. The van der Waals surface area contributed by atoms with Gasteiger partial charge < -0.3 is 5.32 Å². The number of rotatable bonds is 3. The molecule has 0 atom stereocenters. The van der Waals surface area contributed by atoms with Crippen LogP contribution in [-0.4, -0.2) is 6.04 Å². The first-order chi connectivity index (χ1) is 9.22. The first-order valence-electron chi connectivity index (χ1n) is 6.80. The van der Waals surface area contributed by atoms with Crippen LogP contribution in [0.2, 0.25) is 0 Å². The Balaban J connectivity index is 1.61. The van der Waals surface area contributed by atoms with Crippen molar-refractivity contribution in [2.24, 2.45) is 0 Å². The Hall–Kier alpha value is -1.83. The Kier molecular flexibility index (Phi) is 3.24. The van der Waals surface area contributed by atoms with Crippen molar-refractivity contribution in [3.63, 3.8) is 0 Å². The summed E-state index contributed by atoms with van der Waals surface area (Å²) in [6, 6.07) is 16.2. The van der Waals surface area contributed by atoms with E-state index in [-0.39, 0.29) is 5.82 Å². The van der Waals surface area contributed by atoms with Crippen LogP contribution in [0.5, 0.6) is 0 Å². The highest BCUT2D eigenvalue weighted by Gasteiger charge is 2.30. The van der Waals surface area contributed by atoms with Gasteiger partial charge in [0.25, 0.3) is 0 Å². The minimum absolute atomic E-state index is 0.159. The molecule has 0 amide bonds. The van der Waals surface area contributed by atoms with E-state index in [1.165, 1.54) is 11.6 Å². The fourth-order valence-corrected chi connectivity index (χ4v) is 2.70. The van der Waals surface area contributed by atoms with E-state index in [0.717, 1.165) is 18.4 Å². The van der Waals surface area contributed by atoms with Crippen molar-refractivity contribution >= 4 is 5.69 Å². The summed E-state index contributed by atoms with van der Waals surface area (Å²) in [5.74, 6) is 0.459. The van der Waals surface area contributed by atoms with Gasteiger partial charge in [-0.15, -0.1) is 0 Å². The van der Waals surface area contributed by atoms with Gasteiger partial charge in [0.15, 0.2) is 0 Å². The van der Waals surface area contributed by atoms with Crippen molar-refractivity contribution in [3.05, 3.63) is 65.5 Å². The number of halogens is 1. The van der Waals surface area contributed by atoms with E-state index < -0.39 is 0 Å². The van der Waals surface area contributed by atoms with Crippen LogP contribution in [0.3, 0.4) is 0 Å². The van der Waals surface area contributed by atoms with E-state index >= 15 is 0 Å². The van der Waals surface area contributed by atoms with Gasteiger partial charge in [0.05, 0.1) is 5.69 Å². The molecule has 2 aromatic carbocycles. The third kappa shape index (κ3) is 2.62. The van der Waals surface area contributed by atoms with Gasteiger partial charge in [0.1, 0.15) is 5.82 Å². The van der Waals surface area contributed by atoms with Crippen molar-refractivity contribution in [2.45, 2.75) is 31.7 Å². The third-order valence-corrected chi connectivity index (χ3v) is 3.89. The molecule has 1 fully saturated rings. The maximum Gasteiger partial charge on any atom is 0.146 e. The zero-order valence-corrected chi connectivity index (χ0v) is 11.1. The van der Waals surface area contributed by atoms with Crippen molar-refractivity contribution < 1.29 is 4.39 Å². The highest BCUT2D eigenvalue weighted by atomic mass is 19.1. The number of anilines is 1. The molecule has 1 N–H and O–H groups in total. The molecule has 0 aromatic heterocycles. The molecule has 0 heterocycles. The summed E-state index contributed by atoms with van der Waals surface area (Å²) in [6.45, 7) is 1.98. The number of hydrogen-bond donors (Lipinski definition) is 1. The first-order valence-corrected chi connectivity index (χ1v) is 6.80. The zero-order chi connectivity index (χ0) is 13.2. The topological polar surface area (TPSA) is 12.0 Å². The lowest BCUT2D eigenvalue weighted by atomic mass is 9.76. The van der Waals surface area contributed by atoms with E-state index in [1.807, 2.05) is 19.1 Å². The van der Waals surface area contributed by atoms with E-state index in [0.29, 0.717) is 17.6 Å². The summed E-state index contributed by atoms with van der Waals surface area (Å²) in [5, 5.41) is 3.31. The first kappa shape index (κ1) is 12.2. The third-order valence-electron chi connectivity index (χ3n) is 3.89. The van der Waals surface area contributed by atoms with Gasteiger partial charge in [-0.3, -0.25) is 0 Å². The van der Waals surface area contributed by atoms with Crippen LogP contribution >= 0.6 is 0 Å². The molecule has 98 valence electrons. The molecular formula is C17H18FN. The number of benzene rings is 2. The summed E-state index contributed by atoms with van der Waals surface area (Å²) in [4.78, 5) is 0. The zero-order valence-electron chi connectivity index (χ0n) is 11.1. The molecule has 1 aliphatic rings. The summed E-state index contributed by atoms with van der Waals surface area (Å²) in [5.41, 5.74) is 3.12. The molecule has 0 bridgehead atoms. The quantitative estimate of drug-likeness (QED) is 0.852. The monoisotopic (exact) mass is 255 g/mol. The predicted molar refractivity (Wildman–Crippen MR) is 77.0 cm³/mol. The minimum Gasteiger partial charge on any atom is -0.380 e. The summed E-state index contributed by atoms with van der Waals surface area (Å²) >= 11 is 0. The maximum atomic E-state index is 13.6. The molecule has 1 aliphatic carbocycles. The Labute approximate surface area is 113 Å². The smallest absolute Gasteiger partial charge is 0.146 e. The normalized spacial score (nSPS) is 21.8. The van der Waals surface area contributed by atoms with Gasteiger partial charge in [-0.1, -0.05) is 36.4 Å². The molecule has 2 aromatic rings. The Morgan fingerprint density at radius 1 is 1.05 bits per heavy atom. The van der Waals surface area contributed by atoms with Crippen LogP contribution < -0.4 is 5.32 Å². The molecule has 1 nitrogen and oxygen atoms in total. The van der Waals surface area contributed by atoms with E-state index in [9.17, 15) is 4.39 Å². The summed E-state index contributed by atoms with van der Waals surface area (Å²) in [7, 11) is 0. The van der Waals surface area contributed by atoms with Crippen molar-refractivity contribution in [1.82, 2.24) is 0 Å². The lowest BCUT2D eigenvalue weighted by molar-refractivity contribution is 0.373. The average Bonchev–Trinajstić information content (AvgIpc) is 2.38. The second-order valence-corrected chi connectivity index (χ2v) is 5.40. The Bertz CT molecular complexity index is 559. The van der Waals surface area contributed by atoms with Crippen molar-refractivity contribution in [3.8, 4) is 0 Å². The van der Waals surface area contributed by atoms with Crippen LogP contribution in [0.15, 0.2) is 48.5 Å². The van der Waals surface area contributed by atoms with Gasteiger partial charge in [0, 0.05) is 6.04 Å². The van der Waals surface area contributed by atoms with Gasteiger partial charge in [-0.25, -0.2) is 4.39 Å². The minimum atomic E-state index is -0.159. The lowest BCUT2D eigenvalue weighted by Gasteiger charge is -2.37. The highest BCUT2D eigenvalue weighted by Crippen LogP contribution is 2.38. The van der Waals surface area contributed by atoms with Gasteiger partial charge in [-0.2, -0.15) is 0 Å². The molecule has 0 radical (unpaired) electrons. The Morgan fingerprint density at radius 3 is 2.53 bits per heavy atom. The fourth-order valence-electron chi connectivity index (χ4n) is 2.70. The molecule has 1 saturated carbocycles. The predicted octanol–water partition coefficient (Wildman–Crippen LogP) is 4.49. The van der Waals surface area contributed by atoms with Crippen LogP contribution in [-0.2, 0) is 0 Å². The molecule has 2 heteroatoms. The number of hydrogen-bond acceptors (Lipinski definition) is 1. The van der Waals surface area contributed by atoms with E-state index in [4.69, 9.17) is 0 Å². The maximum absolute atomic E-state index is 13.6. The molecule has 0 aliphatic heterocycles. The van der Waals surface area contributed by atoms with Crippen LogP contribution in [0.25, 0.3) is 0 Å². The van der Waals surface area contributed by atoms with E-state index in [2.05, 4.69) is 29.6 Å². The molecule has 0 unspecified atom stereocenters. The van der Waals surface area contributed by atoms with Crippen LogP contribution in [0, 0.1) is 12.7 Å². The standard InChI is InChI=1S/C17H18FN/c1-12-7-8-16(18)17(9-12)19-15-10-14(11-15)13-5-3-2-4-6-13/h2-9,14-15,19H,10-11H2,1H3. The van der Waals surface area contributed by atoms with Crippen LogP contribution in [0.1, 0.15) is 29.9 Å². The molecule has 19 heavy (non-hydrogen) atoms. The molecule has 3 rings (SSSR count). The highest BCUT2D eigenvalue weighted by molar-refractivity contribution is 5.48. The average molecular weight is 255 g/mol. The Morgan fingerprint density at radius 2 is 1.79 bits per heavy atom. The fraction of sp³-hybridized carbons (Fsp3) is 0.294. The second-order valence-electron chi connectivity index (χ2n) is 5.40. The second kappa shape index (κ2) is 5.04.